The zero-order valence-electron chi connectivity index (χ0n) is 8.31. The van der Waals surface area contributed by atoms with Crippen molar-refractivity contribution in [3.05, 3.63) is 40.9 Å². The molecule has 2 nitrogen and oxygen atoms in total. The van der Waals surface area contributed by atoms with Crippen LogP contribution in [0.3, 0.4) is 0 Å². The summed E-state index contributed by atoms with van der Waals surface area (Å²) in [6.45, 7) is 0. The van der Waals surface area contributed by atoms with Gasteiger partial charge in [-0.25, -0.2) is 0 Å². The minimum atomic E-state index is -0.794. The maximum absolute atomic E-state index is 10.5. The van der Waals surface area contributed by atoms with Crippen LogP contribution in [-0.2, 0) is 4.79 Å². The van der Waals surface area contributed by atoms with Gasteiger partial charge in [0.05, 0.1) is 5.75 Å². The van der Waals surface area contributed by atoms with Crippen LogP contribution in [0.1, 0.15) is 0 Å². The normalized spacial score (nSPS) is 10.6. The first-order chi connectivity index (χ1) is 7.68. The molecule has 0 unspecified atom stereocenters. The van der Waals surface area contributed by atoms with Gasteiger partial charge in [-0.05, 0) is 22.9 Å². The van der Waals surface area contributed by atoms with E-state index < -0.39 is 5.97 Å². The molecule has 0 aromatic heterocycles. The second-order valence-corrected chi connectivity index (χ2v) is 5.15. The van der Waals surface area contributed by atoms with Gasteiger partial charge >= 0.3 is 5.97 Å². The van der Waals surface area contributed by atoms with E-state index in [1.807, 2.05) is 36.4 Å². The second-order valence-electron chi connectivity index (χ2n) is 3.27. The van der Waals surface area contributed by atoms with Crippen molar-refractivity contribution < 1.29 is 9.90 Å². The van der Waals surface area contributed by atoms with Gasteiger partial charge in [0, 0.05) is 9.37 Å². The van der Waals surface area contributed by atoms with Crippen molar-refractivity contribution in [2.24, 2.45) is 0 Å². The lowest BCUT2D eigenvalue weighted by Crippen LogP contribution is -1.97. The van der Waals surface area contributed by atoms with Crippen LogP contribution in [-0.4, -0.2) is 16.8 Å². The smallest absolute Gasteiger partial charge is 0.313 e. The van der Waals surface area contributed by atoms with Gasteiger partial charge in [0.25, 0.3) is 0 Å². The fourth-order valence-corrected chi connectivity index (χ4v) is 2.79. The molecule has 0 aliphatic rings. The summed E-state index contributed by atoms with van der Waals surface area (Å²) in [6, 6.07) is 11.8. The fourth-order valence-electron chi connectivity index (χ4n) is 1.51. The van der Waals surface area contributed by atoms with Crippen molar-refractivity contribution >= 4 is 44.4 Å². The zero-order chi connectivity index (χ0) is 11.5. The number of aliphatic carboxylic acids is 1. The number of rotatable bonds is 3. The standard InChI is InChI=1S/C12H9BrO2S/c13-10-5-1-4-9-8(10)3-2-6-11(9)16-7-12(14)15/h1-6H,7H2,(H,14,15). The fraction of sp³-hybridized carbons (Fsp3) is 0.0833. The Morgan fingerprint density at radius 3 is 2.62 bits per heavy atom. The molecular weight excluding hydrogens is 288 g/mol. The lowest BCUT2D eigenvalue weighted by Gasteiger charge is -2.05. The summed E-state index contributed by atoms with van der Waals surface area (Å²) in [4.78, 5) is 11.5. The number of benzene rings is 2. The van der Waals surface area contributed by atoms with Gasteiger partial charge in [-0.2, -0.15) is 0 Å². The van der Waals surface area contributed by atoms with Crippen LogP contribution >= 0.6 is 27.7 Å². The highest BCUT2D eigenvalue weighted by molar-refractivity contribution is 9.10. The van der Waals surface area contributed by atoms with Crippen molar-refractivity contribution in [1.82, 2.24) is 0 Å². The molecule has 0 heterocycles. The maximum Gasteiger partial charge on any atom is 0.313 e. The van der Waals surface area contributed by atoms with Crippen LogP contribution in [0.25, 0.3) is 10.8 Å². The molecule has 0 fully saturated rings. The predicted octanol–water partition coefficient (Wildman–Crippen LogP) is 3.78. The third-order valence-electron chi connectivity index (χ3n) is 2.18. The number of hydrogen-bond donors (Lipinski definition) is 1. The first kappa shape index (κ1) is 11.5. The van der Waals surface area contributed by atoms with Crippen LogP contribution in [0.15, 0.2) is 45.8 Å². The molecule has 1 N–H and O–H groups in total. The lowest BCUT2D eigenvalue weighted by molar-refractivity contribution is -0.133. The van der Waals surface area contributed by atoms with Crippen LogP contribution in [0.5, 0.6) is 0 Å². The summed E-state index contributed by atoms with van der Waals surface area (Å²) in [5.41, 5.74) is 0. The van der Waals surface area contributed by atoms with Gasteiger partial charge < -0.3 is 5.11 Å². The van der Waals surface area contributed by atoms with E-state index in [0.29, 0.717) is 0 Å². The number of carboxylic acids is 1. The molecule has 2 aromatic carbocycles. The van der Waals surface area contributed by atoms with Crippen LogP contribution in [0, 0.1) is 0 Å². The molecule has 82 valence electrons. The van der Waals surface area contributed by atoms with Crippen LogP contribution in [0.2, 0.25) is 0 Å². The number of fused-ring (bicyclic) bond motifs is 1. The Balaban J connectivity index is 2.45. The van der Waals surface area contributed by atoms with Crippen molar-refractivity contribution in [2.75, 3.05) is 5.75 Å². The number of carbonyl (C=O) groups is 1. The first-order valence-corrected chi connectivity index (χ1v) is 6.48. The minimum absolute atomic E-state index is 0.0889. The number of hydrogen-bond acceptors (Lipinski definition) is 2. The Kier molecular flexibility index (Phi) is 3.51. The van der Waals surface area contributed by atoms with Gasteiger partial charge in [0.1, 0.15) is 0 Å². The molecule has 4 heteroatoms. The molecule has 0 aliphatic carbocycles. The van der Waals surface area contributed by atoms with E-state index in [1.54, 1.807) is 0 Å². The van der Waals surface area contributed by atoms with E-state index in [2.05, 4.69) is 15.9 Å². The molecule has 0 spiro atoms. The van der Waals surface area contributed by atoms with Gasteiger partial charge in [-0.1, -0.05) is 40.2 Å². The highest BCUT2D eigenvalue weighted by Gasteiger charge is 2.05. The summed E-state index contributed by atoms with van der Waals surface area (Å²) in [7, 11) is 0. The third kappa shape index (κ3) is 2.39. The number of carboxylic acid groups (broad SMARTS) is 1. The van der Waals surface area contributed by atoms with Gasteiger partial charge in [0.15, 0.2) is 0 Å². The largest absolute Gasteiger partial charge is 0.481 e. The number of thioether (sulfide) groups is 1. The van der Waals surface area contributed by atoms with E-state index in [-0.39, 0.29) is 5.75 Å². The van der Waals surface area contributed by atoms with E-state index in [9.17, 15) is 4.79 Å². The monoisotopic (exact) mass is 296 g/mol. The van der Waals surface area contributed by atoms with Gasteiger partial charge in [-0.3, -0.25) is 4.79 Å². The van der Waals surface area contributed by atoms with Crippen molar-refractivity contribution in [2.45, 2.75) is 4.90 Å². The molecule has 0 saturated heterocycles. The molecule has 0 atom stereocenters. The quantitative estimate of drug-likeness (QED) is 0.876. The molecule has 0 amide bonds. The highest BCUT2D eigenvalue weighted by atomic mass is 79.9. The average molecular weight is 297 g/mol. The minimum Gasteiger partial charge on any atom is -0.481 e. The zero-order valence-corrected chi connectivity index (χ0v) is 10.7. The summed E-state index contributed by atoms with van der Waals surface area (Å²) >= 11 is 4.83. The SMILES string of the molecule is O=C(O)CSc1cccc2c(Br)cccc12. The number of halogens is 1. The van der Waals surface area contributed by atoms with Crippen LogP contribution < -0.4 is 0 Å². The molecule has 0 bridgehead atoms. The topological polar surface area (TPSA) is 37.3 Å². The van der Waals surface area contributed by atoms with E-state index >= 15 is 0 Å². The Morgan fingerprint density at radius 1 is 1.19 bits per heavy atom. The Bertz CT molecular complexity index is 540. The van der Waals surface area contributed by atoms with Crippen molar-refractivity contribution in [1.29, 1.82) is 0 Å². The maximum atomic E-state index is 10.5. The van der Waals surface area contributed by atoms with Crippen molar-refractivity contribution in [3.8, 4) is 0 Å². The summed E-state index contributed by atoms with van der Waals surface area (Å²) in [5, 5.41) is 10.9. The van der Waals surface area contributed by atoms with Crippen LogP contribution in [0.4, 0.5) is 0 Å². The van der Waals surface area contributed by atoms with E-state index in [4.69, 9.17) is 5.11 Å². The lowest BCUT2D eigenvalue weighted by atomic mass is 10.1. The predicted molar refractivity (Wildman–Crippen MR) is 70.0 cm³/mol. The molecule has 2 aromatic rings. The average Bonchev–Trinajstić information content (AvgIpc) is 2.27. The Labute approximate surface area is 106 Å². The van der Waals surface area contributed by atoms with E-state index in [1.165, 1.54) is 11.8 Å². The Morgan fingerprint density at radius 2 is 1.88 bits per heavy atom. The van der Waals surface area contributed by atoms with Crippen molar-refractivity contribution in [3.63, 3.8) is 0 Å². The molecule has 0 aliphatic heterocycles. The van der Waals surface area contributed by atoms with Gasteiger partial charge in [0.2, 0.25) is 0 Å². The first-order valence-electron chi connectivity index (χ1n) is 4.70. The third-order valence-corrected chi connectivity index (χ3v) is 3.93. The molecule has 2 rings (SSSR count). The Hall–Kier alpha value is -1.00. The molecule has 16 heavy (non-hydrogen) atoms. The van der Waals surface area contributed by atoms with E-state index in [0.717, 1.165) is 20.1 Å². The summed E-state index contributed by atoms with van der Waals surface area (Å²) in [6.07, 6.45) is 0. The summed E-state index contributed by atoms with van der Waals surface area (Å²) < 4.78 is 1.03. The molecular formula is C12H9BrO2S. The highest BCUT2D eigenvalue weighted by Crippen LogP contribution is 2.31. The second kappa shape index (κ2) is 4.89. The molecule has 0 saturated carbocycles. The molecule has 0 radical (unpaired) electrons. The van der Waals surface area contributed by atoms with Gasteiger partial charge in [-0.15, -0.1) is 11.8 Å². The summed E-state index contributed by atoms with van der Waals surface area (Å²) in [5.74, 6) is -0.706.